The Morgan fingerprint density at radius 1 is 0.862 bits per heavy atom. The molecule has 8 heteroatoms. The van der Waals surface area contributed by atoms with Crippen molar-refractivity contribution < 1.29 is 13.2 Å². The number of amides is 1. The Morgan fingerprint density at radius 2 is 1.48 bits per heavy atom. The maximum atomic E-state index is 12.9. The van der Waals surface area contributed by atoms with Crippen LogP contribution in [-0.2, 0) is 21.2 Å². The van der Waals surface area contributed by atoms with Gasteiger partial charge in [-0.05, 0) is 48.4 Å². The molecule has 0 saturated heterocycles. The number of carbonyl (C=O) groups excluding carboxylic acids is 1. The summed E-state index contributed by atoms with van der Waals surface area (Å²) in [4.78, 5) is 12.9. The van der Waals surface area contributed by atoms with Gasteiger partial charge in [-0.3, -0.25) is 4.79 Å². The summed E-state index contributed by atoms with van der Waals surface area (Å²) < 4.78 is 28.1. The van der Waals surface area contributed by atoms with Gasteiger partial charge in [-0.25, -0.2) is 8.42 Å². The first-order valence-electron chi connectivity index (χ1n) is 8.72. The molecule has 3 rings (SSSR count). The van der Waals surface area contributed by atoms with Crippen LogP contribution in [0.4, 0.5) is 5.69 Å². The van der Waals surface area contributed by atoms with Crippen molar-refractivity contribution in [3.8, 4) is 0 Å². The molecule has 0 saturated carbocycles. The molecule has 0 unspecified atom stereocenters. The first-order valence-corrected chi connectivity index (χ1v) is 11.0. The number of rotatable bonds is 7. The van der Waals surface area contributed by atoms with E-state index in [0.29, 0.717) is 15.7 Å². The molecule has 29 heavy (non-hydrogen) atoms. The number of carbonyl (C=O) groups is 1. The minimum Gasteiger partial charge on any atom is -0.323 e. The van der Waals surface area contributed by atoms with E-state index in [1.54, 1.807) is 24.3 Å². The molecule has 0 aliphatic heterocycles. The van der Waals surface area contributed by atoms with Crippen molar-refractivity contribution in [2.24, 2.45) is 0 Å². The van der Waals surface area contributed by atoms with Crippen LogP contribution in [0.25, 0.3) is 0 Å². The molecule has 5 nitrogen and oxygen atoms in total. The summed E-state index contributed by atoms with van der Waals surface area (Å²) in [5.41, 5.74) is 1.22. The van der Waals surface area contributed by atoms with Crippen molar-refractivity contribution in [2.75, 3.05) is 5.32 Å². The second kappa shape index (κ2) is 9.41. The lowest BCUT2D eigenvalue weighted by atomic mass is 10.1. The van der Waals surface area contributed by atoms with Crippen LogP contribution in [0, 0.1) is 0 Å². The average molecular weight is 449 g/mol. The van der Waals surface area contributed by atoms with Crippen molar-refractivity contribution in [1.29, 1.82) is 0 Å². The number of sulfonamides is 1. The van der Waals surface area contributed by atoms with E-state index in [1.165, 1.54) is 24.3 Å². The van der Waals surface area contributed by atoms with E-state index in [4.69, 9.17) is 23.2 Å². The molecule has 0 heterocycles. The highest BCUT2D eigenvalue weighted by Gasteiger charge is 2.26. The van der Waals surface area contributed by atoms with Crippen molar-refractivity contribution in [3.63, 3.8) is 0 Å². The molecule has 150 valence electrons. The molecule has 1 amide bonds. The first-order chi connectivity index (χ1) is 13.8. The average Bonchev–Trinajstić information content (AvgIpc) is 2.70. The van der Waals surface area contributed by atoms with Crippen LogP contribution in [0.5, 0.6) is 0 Å². The van der Waals surface area contributed by atoms with Crippen LogP contribution in [-0.4, -0.2) is 20.4 Å². The second-order valence-corrected chi connectivity index (χ2v) is 8.84. The Balaban J connectivity index is 1.87. The van der Waals surface area contributed by atoms with Crippen molar-refractivity contribution in [2.45, 2.75) is 17.4 Å². The molecule has 0 aliphatic carbocycles. The Hall–Kier alpha value is -2.38. The van der Waals surface area contributed by atoms with Crippen LogP contribution in [0.3, 0.4) is 0 Å². The molecule has 1 atom stereocenters. The third kappa shape index (κ3) is 5.81. The standard InChI is InChI=1S/C21H18Cl2N2O3S/c22-16-10-12-17(13-11-16)29(27,28)25-20(14-15-6-2-1-3-7-15)21(26)24-19-9-5-4-8-18(19)23/h1-13,20,25H,14H2,(H,24,26)/t20-/m1/s1. The minimum atomic E-state index is -3.95. The lowest BCUT2D eigenvalue weighted by Crippen LogP contribution is -2.45. The third-order valence-corrected chi connectivity index (χ3v) is 6.22. The Labute approximate surface area is 179 Å². The molecule has 3 aromatic rings. The summed E-state index contributed by atoms with van der Waals surface area (Å²) in [6, 6.07) is 20.6. The zero-order chi connectivity index (χ0) is 20.9. The molecule has 0 fully saturated rings. The zero-order valence-corrected chi connectivity index (χ0v) is 17.5. The zero-order valence-electron chi connectivity index (χ0n) is 15.2. The molecule has 0 aliphatic rings. The number of nitrogens with one attached hydrogen (secondary N) is 2. The van der Waals surface area contributed by atoms with Crippen LogP contribution in [0.2, 0.25) is 10.0 Å². The fourth-order valence-electron chi connectivity index (χ4n) is 2.69. The van der Waals surface area contributed by atoms with E-state index in [0.717, 1.165) is 5.56 Å². The summed E-state index contributed by atoms with van der Waals surface area (Å²) in [5, 5.41) is 3.47. The van der Waals surface area contributed by atoms with Gasteiger partial charge in [-0.15, -0.1) is 0 Å². The van der Waals surface area contributed by atoms with Gasteiger partial charge in [-0.2, -0.15) is 4.72 Å². The van der Waals surface area contributed by atoms with E-state index in [9.17, 15) is 13.2 Å². The van der Waals surface area contributed by atoms with Gasteiger partial charge in [0.25, 0.3) is 0 Å². The van der Waals surface area contributed by atoms with E-state index in [-0.39, 0.29) is 11.3 Å². The molecule has 0 spiro atoms. The highest BCUT2D eigenvalue weighted by atomic mass is 35.5. The van der Waals surface area contributed by atoms with Crippen LogP contribution < -0.4 is 10.0 Å². The maximum absolute atomic E-state index is 12.9. The van der Waals surface area contributed by atoms with E-state index in [2.05, 4.69) is 10.0 Å². The van der Waals surface area contributed by atoms with Gasteiger partial charge < -0.3 is 5.32 Å². The molecule has 0 bridgehead atoms. The molecule has 3 aromatic carbocycles. The van der Waals surface area contributed by atoms with Crippen molar-refractivity contribution in [3.05, 3.63) is 94.5 Å². The summed E-state index contributed by atoms with van der Waals surface area (Å²) >= 11 is 11.9. The molecular formula is C21H18Cl2N2O3S. The molecule has 0 aromatic heterocycles. The number of benzene rings is 3. The smallest absolute Gasteiger partial charge is 0.242 e. The SMILES string of the molecule is O=C(Nc1ccccc1Cl)[C@@H](Cc1ccccc1)NS(=O)(=O)c1ccc(Cl)cc1. The van der Waals surface area contributed by atoms with Crippen LogP contribution >= 0.6 is 23.2 Å². The lowest BCUT2D eigenvalue weighted by molar-refractivity contribution is -0.117. The summed E-state index contributed by atoms with van der Waals surface area (Å²) in [6.45, 7) is 0. The summed E-state index contributed by atoms with van der Waals surface area (Å²) in [7, 11) is -3.95. The maximum Gasteiger partial charge on any atom is 0.242 e. The quantitative estimate of drug-likeness (QED) is 0.557. The number of para-hydroxylation sites is 1. The van der Waals surface area contributed by atoms with Gasteiger partial charge >= 0.3 is 0 Å². The van der Waals surface area contributed by atoms with E-state index < -0.39 is 22.0 Å². The minimum absolute atomic E-state index is 0.0190. The lowest BCUT2D eigenvalue weighted by Gasteiger charge is -2.19. The number of hydrogen-bond donors (Lipinski definition) is 2. The van der Waals surface area contributed by atoms with E-state index in [1.807, 2.05) is 30.3 Å². The van der Waals surface area contributed by atoms with Gasteiger partial charge in [-0.1, -0.05) is 65.7 Å². The normalized spacial score (nSPS) is 12.3. The van der Waals surface area contributed by atoms with Crippen LogP contribution in [0.15, 0.2) is 83.8 Å². The van der Waals surface area contributed by atoms with Crippen molar-refractivity contribution in [1.82, 2.24) is 4.72 Å². The second-order valence-electron chi connectivity index (χ2n) is 6.29. The highest BCUT2D eigenvalue weighted by Crippen LogP contribution is 2.21. The van der Waals surface area contributed by atoms with Gasteiger partial charge in [0, 0.05) is 5.02 Å². The largest absolute Gasteiger partial charge is 0.323 e. The molecular weight excluding hydrogens is 431 g/mol. The highest BCUT2D eigenvalue weighted by molar-refractivity contribution is 7.89. The fourth-order valence-corrected chi connectivity index (χ4v) is 4.19. The van der Waals surface area contributed by atoms with Gasteiger partial charge in [0.1, 0.15) is 6.04 Å². The third-order valence-electron chi connectivity index (χ3n) is 4.15. The van der Waals surface area contributed by atoms with Crippen LogP contribution in [0.1, 0.15) is 5.56 Å². The monoisotopic (exact) mass is 448 g/mol. The molecule has 0 radical (unpaired) electrons. The first kappa shape index (κ1) is 21.3. The van der Waals surface area contributed by atoms with Crippen molar-refractivity contribution >= 4 is 44.8 Å². The Bertz CT molecular complexity index is 1090. The van der Waals surface area contributed by atoms with Gasteiger partial charge in [0.2, 0.25) is 15.9 Å². The predicted octanol–water partition coefficient (Wildman–Crippen LogP) is 4.52. The fraction of sp³-hybridized carbons (Fsp3) is 0.0952. The summed E-state index contributed by atoms with van der Waals surface area (Å²) in [6.07, 6.45) is 0.171. The van der Waals surface area contributed by atoms with E-state index >= 15 is 0 Å². The number of halogens is 2. The van der Waals surface area contributed by atoms with Gasteiger partial charge in [0.15, 0.2) is 0 Å². The topological polar surface area (TPSA) is 75.3 Å². The number of hydrogen-bond acceptors (Lipinski definition) is 3. The Morgan fingerprint density at radius 3 is 2.14 bits per heavy atom. The summed E-state index contributed by atoms with van der Waals surface area (Å²) in [5.74, 6) is -0.514. The van der Waals surface area contributed by atoms with Gasteiger partial charge in [0.05, 0.1) is 15.6 Å². The predicted molar refractivity (Wildman–Crippen MR) is 116 cm³/mol. The molecule has 2 N–H and O–H groups in total. The Kier molecular flexibility index (Phi) is 6.92. The number of anilines is 1.